The van der Waals surface area contributed by atoms with Crippen LogP contribution in [0.3, 0.4) is 0 Å². The number of allylic oxidation sites excluding steroid dienone is 5. The first-order chi connectivity index (χ1) is 54.7. The molecule has 674 valence electrons. The zero-order valence-electron chi connectivity index (χ0n) is 80.7. The van der Waals surface area contributed by atoms with Crippen LogP contribution in [0.4, 0.5) is 11.4 Å². The van der Waals surface area contributed by atoms with Gasteiger partial charge in [-0.15, -0.1) is 24.8 Å². The predicted molar refractivity (Wildman–Crippen MR) is 527 cm³/mol. The number of ketones is 5. The van der Waals surface area contributed by atoms with Crippen molar-refractivity contribution in [3.8, 4) is 5.75 Å². The monoisotopic (exact) mass is 1830 g/mol. The van der Waals surface area contributed by atoms with Crippen LogP contribution in [0, 0.1) is 38.9 Å². The Labute approximate surface area is 763 Å². The van der Waals surface area contributed by atoms with E-state index in [0.717, 1.165) is 160 Å². The molecule has 2 N–H and O–H groups in total. The minimum atomic E-state index is -0.243. The Kier molecular flexibility index (Phi) is 42.6. The third-order valence-electron chi connectivity index (χ3n) is 22.2. The number of nitrogens with one attached hydrogen (secondary N) is 2. The van der Waals surface area contributed by atoms with Crippen LogP contribution in [0.2, 0.25) is 0 Å². The van der Waals surface area contributed by atoms with Crippen molar-refractivity contribution in [2.45, 2.75) is 234 Å². The van der Waals surface area contributed by atoms with Crippen LogP contribution in [-0.2, 0) is 0 Å². The topological polar surface area (TPSA) is 141 Å². The highest BCUT2D eigenvalue weighted by Crippen LogP contribution is 2.44. The molecule has 5 aliphatic rings. The first-order valence-electron chi connectivity index (χ1n) is 42.9. The molecule has 0 unspecified atom stereocenters. The summed E-state index contributed by atoms with van der Waals surface area (Å²) in [5, 5.41) is 5.50. The Morgan fingerprint density at radius 2 is 0.554 bits per heavy atom. The number of anilines is 2. The van der Waals surface area contributed by atoms with Gasteiger partial charge >= 0.3 is 0 Å². The largest absolute Gasteiger partial charge is 0.488 e. The third-order valence-corrected chi connectivity index (χ3v) is 23.2. The van der Waals surface area contributed by atoms with E-state index in [1.807, 2.05) is 208 Å². The predicted octanol–water partition coefficient (Wildman–Crippen LogP) is 24.5. The molecule has 0 spiro atoms. The number of carbonyl (C=O) groups is 5. The summed E-state index contributed by atoms with van der Waals surface area (Å²) in [5.74, 6) is 2.71. The van der Waals surface area contributed by atoms with Crippen LogP contribution in [0.5, 0.6) is 5.75 Å². The smallest absolute Gasteiger partial charge is 0.191 e. The standard InChI is InChI=1S/C22H33NO2.2C20H30N2O.2C18H24BrNO.2C2H7N.2ClH/c1-20(2,3)23-14-13-22(7,8)18(15-23)19(24)16-9-11-17(12-10-16)25-21(4,5)6;1-19(2,3)22-13-12-20(4,5)17(14-22)18(23)15-8-10-16(11-9-15)21(6)7;1-15(2)13-22-12-11-20(3,4)18(14-22)19(23)16-7-9-17(10-8-16)21(5)6;1-17(2,3)20-11-10-18(4,5)15(12-20)16(21)13-6-8-14(19)9-7-13;1-13(2)11-20-10-9-18(3,4)16(12-20)17(21)14-5-7-15(19)8-6-14;2*1-3-2;;/h9-12,15H,13-14H2,1-8H3;8-11,14H,12-13H2,1-7H3;7-10,14-15H,11-13H2,1-6H3;6-9,12H,10-11H2,1-5H3;5-8,12-13H,9-11H2,1-4H3;2*3H,1-2H3;2*1H. The molecule has 0 saturated carbocycles. The summed E-state index contributed by atoms with van der Waals surface area (Å²) in [7, 11) is 15.5. The second-order valence-electron chi connectivity index (χ2n) is 41.0. The molecular formula is C102H157Br2Cl2N9O6. The first kappa shape index (κ1) is 110. The van der Waals surface area contributed by atoms with Crippen LogP contribution in [0.25, 0.3) is 0 Å². The molecule has 19 heteroatoms. The SMILES string of the molecule is CC(C)(C)Oc1ccc(C(=O)C2=CN(C(C)(C)C)CCC2(C)C)cc1.CC(C)CN1C=C(C(=O)c2ccc(Br)cc2)C(C)(C)CC1.CC(C)CN1C=C(C(=O)c2ccc(N(C)C)cc2)C(C)(C)CC1.CC1(C)CCN(C(C)(C)C)C=C1C(=O)c1ccc(Br)cc1.CN(C)c1ccc(C(=O)C2=CN(C(C)(C)C)CCC2(C)C)cc1.CNC.CNC.Cl.Cl. The molecule has 121 heavy (non-hydrogen) atoms. The summed E-state index contributed by atoms with van der Waals surface area (Å²) in [5.41, 5.74) is 10.0. The molecule has 0 radical (unpaired) electrons. The molecular weight excluding hydrogens is 1680 g/mol. The van der Waals surface area contributed by atoms with E-state index in [1.165, 1.54) is 0 Å². The fraction of sp³-hybridized carbons (Fsp3) is 0.559. The number of Topliss-reactive ketones (excluding diaryl/α,β-unsaturated/α-hetero) is 5. The van der Waals surface area contributed by atoms with Gasteiger partial charge in [0, 0.05) is 198 Å². The summed E-state index contributed by atoms with van der Waals surface area (Å²) in [6.45, 7) is 63.3. The van der Waals surface area contributed by atoms with E-state index in [0.29, 0.717) is 11.8 Å². The van der Waals surface area contributed by atoms with Gasteiger partial charge in [-0.3, -0.25) is 24.0 Å². The maximum atomic E-state index is 13.1. The van der Waals surface area contributed by atoms with E-state index in [2.05, 4.69) is 257 Å². The van der Waals surface area contributed by atoms with Gasteiger partial charge in [-0.25, -0.2) is 0 Å². The van der Waals surface area contributed by atoms with E-state index in [1.54, 1.807) is 0 Å². The minimum absolute atomic E-state index is 0. The van der Waals surface area contributed by atoms with Gasteiger partial charge in [0.2, 0.25) is 0 Å². The molecule has 0 aromatic heterocycles. The van der Waals surface area contributed by atoms with Gasteiger partial charge in [-0.1, -0.05) is 129 Å². The fourth-order valence-electron chi connectivity index (χ4n) is 14.2. The van der Waals surface area contributed by atoms with Crippen molar-refractivity contribution in [3.63, 3.8) is 0 Å². The lowest BCUT2D eigenvalue weighted by Crippen LogP contribution is -2.44. The van der Waals surface area contributed by atoms with E-state index in [9.17, 15) is 24.0 Å². The Balaban J connectivity index is 0.000000502. The third kappa shape index (κ3) is 34.1. The van der Waals surface area contributed by atoms with Gasteiger partial charge in [-0.2, -0.15) is 0 Å². The molecule has 15 nitrogen and oxygen atoms in total. The van der Waals surface area contributed by atoms with Gasteiger partial charge in [0.05, 0.1) is 0 Å². The maximum absolute atomic E-state index is 13.1. The maximum Gasteiger partial charge on any atom is 0.191 e. The summed E-state index contributed by atoms with van der Waals surface area (Å²) < 4.78 is 7.84. The number of rotatable bonds is 17. The highest BCUT2D eigenvalue weighted by atomic mass is 79.9. The van der Waals surface area contributed by atoms with Gasteiger partial charge < -0.3 is 49.7 Å². The van der Waals surface area contributed by atoms with Crippen molar-refractivity contribution >= 4 is 97.0 Å². The molecule has 0 aliphatic carbocycles. The number of halogens is 4. The summed E-state index contributed by atoms with van der Waals surface area (Å²) in [6.07, 6.45) is 15.5. The van der Waals surface area contributed by atoms with E-state index in [4.69, 9.17) is 4.74 Å². The number of hydrogen-bond acceptors (Lipinski definition) is 15. The minimum Gasteiger partial charge on any atom is -0.488 e. The van der Waals surface area contributed by atoms with Crippen molar-refractivity contribution in [2.24, 2.45) is 38.9 Å². The second-order valence-corrected chi connectivity index (χ2v) is 42.9. The molecule has 0 atom stereocenters. The number of carbonyl (C=O) groups excluding carboxylic acids is 5. The molecule has 5 aliphatic heterocycles. The molecule has 10 rings (SSSR count). The van der Waals surface area contributed by atoms with Crippen LogP contribution in [0.1, 0.15) is 264 Å². The quantitative estimate of drug-likeness (QED) is 0.0853. The van der Waals surface area contributed by atoms with Crippen LogP contribution in [-0.4, -0.2) is 178 Å². The van der Waals surface area contributed by atoms with E-state index >= 15 is 0 Å². The van der Waals surface area contributed by atoms with Gasteiger partial charge in [-0.05, 0) is 304 Å². The fourth-order valence-corrected chi connectivity index (χ4v) is 14.8. The number of benzene rings is 5. The van der Waals surface area contributed by atoms with Crippen LogP contribution >= 0.6 is 56.7 Å². The lowest BCUT2D eigenvalue weighted by Gasteiger charge is -2.43. The van der Waals surface area contributed by atoms with Crippen molar-refractivity contribution in [1.82, 2.24) is 35.1 Å². The Bertz CT molecular complexity index is 4280. The Hall–Kier alpha value is -6.99. The lowest BCUT2D eigenvalue weighted by atomic mass is 9.75. The molecule has 5 heterocycles. The normalized spacial score (nSPS) is 16.9. The number of nitrogens with zero attached hydrogens (tertiary/aromatic N) is 7. The summed E-state index contributed by atoms with van der Waals surface area (Å²) >= 11 is 6.83. The summed E-state index contributed by atoms with van der Waals surface area (Å²) in [4.78, 5) is 80.5. The van der Waals surface area contributed by atoms with Crippen LogP contribution in [0.15, 0.2) is 189 Å². The average molecular weight is 1840 g/mol. The average Bonchev–Trinajstić information content (AvgIpc) is 0.791. The zero-order chi connectivity index (χ0) is 90.5. The Morgan fingerprint density at radius 1 is 0.355 bits per heavy atom. The van der Waals surface area contributed by atoms with Crippen molar-refractivity contribution < 1.29 is 28.7 Å². The van der Waals surface area contributed by atoms with Gasteiger partial charge in [0.15, 0.2) is 28.9 Å². The van der Waals surface area contributed by atoms with Crippen molar-refractivity contribution in [3.05, 3.63) is 217 Å². The first-order valence-corrected chi connectivity index (χ1v) is 44.5. The highest BCUT2D eigenvalue weighted by Gasteiger charge is 2.41. The zero-order valence-corrected chi connectivity index (χ0v) is 85.5. The Morgan fingerprint density at radius 3 is 0.752 bits per heavy atom. The lowest BCUT2D eigenvalue weighted by molar-refractivity contribution is 0.0954. The van der Waals surface area contributed by atoms with E-state index in [-0.39, 0.29) is 103 Å². The summed E-state index contributed by atoms with van der Waals surface area (Å²) in [6, 6.07) is 38.6. The van der Waals surface area contributed by atoms with Crippen molar-refractivity contribution in [2.75, 3.05) is 112 Å². The second kappa shape index (κ2) is 46.8. The van der Waals surface area contributed by atoms with E-state index < -0.39 is 0 Å². The van der Waals surface area contributed by atoms with Crippen LogP contribution < -0.4 is 25.2 Å². The van der Waals surface area contributed by atoms with Gasteiger partial charge in [0.1, 0.15) is 11.4 Å². The molecule has 0 amide bonds. The molecule has 5 aromatic rings. The molecule has 0 saturated heterocycles. The van der Waals surface area contributed by atoms with Crippen molar-refractivity contribution in [1.29, 1.82) is 0 Å². The highest BCUT2D eigenvalue weighted by molar-refractivity contribution is 9.10. The van der Waals surface area contributed by atoms with Gasteiger partial charge in [0.25, 0.3) is 0 Å². The number of ether oxygens (including phenoxy) is 1. The molecule has 0 fully saturated rings. The molecule has 0 bridgehead atoms. The number of hydrogen-bond donors (Lipinski definition) is 2. The molecule has 5 aromatic carbocycles.